The number of fused-ring (bicyclic) bond motifs is 1. The van der Waals surface area contributed by atoms with Crippen molar-refractivity contribution in [2.75, 3.05) is 5.32 Å². The second kappa shape index (κ2) is 5.13. The van der Waals surface area contributed by atoms with E-state index >= 15 is 0 Å². The number of hydrogen-bond acceptors (Lipinski definition) is 2. The lowest BCUT2D eigenvalue weighted by atomic mass is 10.1. The Morgan fingerprint density at radius 1 is 1.30 bits per heavy atom. The minimum absolute atomic E-state index is 0.0963. The first-order valence-electron chi connectivity index (χ1n) is 6.14. The number of halogens is 2. The number of carbonyl (C=O) groups excluding carboxylic acids is 1. The van der Waals surface area contributed by atoms with Crippen LogP contribution in [0.25, 0.3) is 0 Å². The van der Waals surface area contributed by atoms with Crippen molar-refractivity contribution in [2.45, 2.75) is 12.5 Å². The van der Waals surface area contributed by atoms with Gasteiger partial charge in [0.15, 0.2) is 6.10 Å². The van der Waals surface area contributed by atoms with Crippen LogP contribution in [0, 0.1) is 5.82 Å². The third kappa shape index (κ3) is 2.47. The molecule has 0 saturated carbocycles. The van der Waals surface area contributed by atoms with Crippen molar-refractivity contribution in [3.05, 3.63) is 58.9 Å². The zero-order chi connectivity index (χ0) is 14.1. The van der Waals surface area contributed by atoms with Crippen LogP contribution in [0.4, 0.5) is 10.1 Å². The average Bonchev–Trinajstić information content (AvgIpc) is 2.86. The van der Waals surface area contributed by atoms with Gasteiger partial charge < -0.3 is 10.1 Å². The molecule has 0 aromatic heterocycles. The molecule has 3 nitrogen and oxygen atoms in total. The second-order valence-corrected chi connectivity index (χ2v) is 4.97. The lowest BCUT2D eigenvalue weighted by Crippen LogP contribution is -2.31. The van der Waals surface area contributed by atoms with E-state index in [1.165, 1.54) is 12.1 Å². The Bertz CT molecular complexity index is 650. The molecule has 0 fully saturated rings. The van der Waals surface area contributed by atoms with Gasteiger partial charge >= 0.3 is 0 Å². The van der Waals surface area contributed by atoms with Gasteiger partial charge in [0.1, 0.15) is 11.6 Å². The Morgan fingerprint density at radius 2 is 2.10 bits per heavy atom. The van der Waals surface area contributed by atoms with Crippen molar-refractivity contribution in [2.24, 2.45) is 0 Å². The Balaban J connectivity index is 1.72. The highest BCUT2D eigenvalue weighted by Gasteiger charge is 2.29. The summed E-state index contributed by atoms with van der Waals surface area (Å²) in [5.74, 6) is -0.243. The molecular weight excluding hydrogens is 281 g/mol. The predicted octanol–water partition coefficient (Wildman–Crippen LogP) is 3.42. The summed E-state index contributed by atoms with van der Waals surface area (Å²) in [6.07, 6.45) is -0.153. The van der Waals surface area contributed by atoms with E-state index in [0.717, 1.165) is 11.6 Å². The van der Waals surface area contributed by atoms with E-state index in [1.807, 2.05) is 24.3 Å². The minimum Gasteiger partial charge on any atom is -0.480 e. The fourth-order valence-corrected chi connectivity index (χ4v) is 2.29. The van der Waals surface area contributed by atoms with E-state index in [2.05, 4.69) is 5.32 Å². The van der Waals surface area contributed by atoms with Crippen LogP contribution in [0.2, 0.25) is 5.02 Å². The van der Waals surface area contributed by atoms with E-state index in [9.17, 15) is 9.18 Å². The number of anilines is 1. The molecule has 1 amide bonds. The highest BCUT2D eigenvalue weighted by molar-refractivity contribution is 6.30. The van der Waals surface area contributed by atoms with Crippen LogP contribution in [-0.2, 0) is 11.2 Å². The van der Waals surface area contributed by atoms with Crippen molar-refractivity contribution < 1.29 is 13.9 Å². The van der Waals surface area contributed by atoms with Gasteiger partial charge in [0.2, 0.25) is 0 Å². The number of benzene rings is 2. The molecule has 1 heterocycles. The summed E-state index contributed by atoms with van der Waals surface area (Å²) in [6.45, 7) is 0. The van der Waals surface area contributed by atoms with Crippen LogP contribution in [-0.4, -0.2) is 12.0 Å². The molecule has 0 aliphatic carbocycles. The molecule has 2 aromatic carbocycles. The fourth-order valence-electron chi connectivity index (χ4n) is 2.13. The summed E-state index contributed by atoms with van der Waals surface area (Å²) in [5.41, 5.74) is 1.07. The van der Waals surface area contributed by atoms with Gasteiger partial charge in [-0.25, -0.2) is 4.39 Å². The minimum atomic E-state index is -0.637. The zero-order valence-corrected chi connectivity index (χ0v) is 11.2. The molecular formula is C15H11ClFNO2. The Morgan fingerprint density at radius 3 is 2.85 bits per heavy atom. The van der Waals surface area contributed by atoms with Crippen molar-refractivity contribution in [3.63, 3.8) is 0 Å². The summed E-state index contributed by atoms with van der Waals surface area (Å²) in [5, 5.41) is 2.80. The van der Waals surface area contributed by atoms with Crippen molar-refractivity contribution in [3.8, 4) is 5.75 Å². The first-order chi connectivity index (χ1) is 9.63. The summed E-state index contributed by atoms with van der Waals surface area (Å²) < 4.78 is 19.2. The van der Waals surface area contributed by atoms with Crippen LogP contribution in [0.5, 0.6) is 5.75 Å². The molecule has 0 bridgehead atoms. The first-order valence-corrected chi connectivity index (χ1v) is 6.52. The van der Waals surface area contributed by atoms with Gasteiger partial charge in [0, 0.05) is 11.4 Å². The van der Waals surface area contributed by atoms with E-state index in [1.54, 1.807) is 0 Å². The zero-order valence-electron chi connectivity index (χ0n) is 10.4. The topological polar surface area (TPSA) is 38.3 Å². The molecule has 5 heteroatoms. The molecule has 0 spiro atoms. The number of para-hydroxylation sites is 1. The number of carbonyl (C=O) groups is 1. The predicted molar refractivity (Wildman–Crippen MR) is 74.6 cm³/mol. The van der Waals surface area contributed by atoms with E-state index in [0.29, 0.717) is 12.2 Å². The maximum atomic E-state index is 13.6. The molecule has 2 aromatic rings. The van der Waals surface area contributed by atoms with Crippen LogP contribution in [0.1, 0.15) is 5.56 Å². The maximum Gasteiger partial charge on any atom is 0.265 e. The van der Waals surface area contributed by atoms with Crippen LogP contribution < -0.4 is 10.1 Å². The lowest BCUT2D eigenvalue weighted by molar-refractivity contribution is -0.122. The number of nitrogens with one attached hydrogen (secondary N) is 1. The molecule has 3 rings (SSSR count). The first kappa shape index (κ1) is 12.9. The molecule has 1 atom stereocenters. The van der Waals surface area contributed by atoms with Gasteiger partial charge in [-0.15, -0.1) is 0 Å². The number of amides is 1. The van der Waals surface area contributed by atoms with Crippen LogP contribution in [0.3, 0.4) is 0 Å². The van der Waals surface area contributed by atoms with Gasteiger partial charge in [-0.3, -0.25) is 4.79 Å². The van der Waals surface area contributed by atoms with Crippen LogP contribution >= 0.6 is 11.6 Å². The third-order valence-corrected chi connectivity index (χ3v) is 3.36. The number of rotatable bonds is 2. The van der Waals surface area contributed by atoms with E-state index < -0.39 is 11.9 Å². The Kier molecular flexibility index (Phi) is 3.32. The molecule has 0 radical (unpaired) electrons. The monoisotopic (exact) mass is 291 g/mol. The van der Waals surface area contributed by atoms with E-state index in [4.69, 9.17) is 16.3 Å². The SMILES string of the molecule is O=C(Nc1ccc(Cl)cc1F)C1Cc2ccccc2O1. The van der Waals surface area contributed by atoms with Gasteiger partial charge in [0.25, 0.3) is 5.91 Å². The Hall–Kier alpha value is -2.07. The van der Waals surface area contributed by atoms with Gasteiger partial charge in [-0.1, -0.05) is 29.8 Å². The summed E-state index contributed by atoms with van der Waals surface area (Å²) >= 11 is 5.66. The highest BCUT2D eigenvalue weighted by Crippen LogP contribution is 2.29. The van der Waals surface area contributed by atoms with Gasteiger partial charge in [-0.2, -0.15) is 0 Å². The normalized spacial score (nSPS) is 16.4. The maximum absolute atomic E-state index is 13.6. The van der Waals surface area contributed by atoms with E-state index in [-0.39, 0.29) is 16.6 Å². The molecule has 1 aliphatic heterocycles. The average molecular weight is 292 g/mol. The number of ether oxygens (including phenoxy) is 1. The lowest BCUT2D eigenvalue weighted by Gasteiger charge is -2.12. The molecule has 1 N–H and O–H groups in total. The quantitative estimate of drug-likeness (QED) is 0.921. The molecule has 1 unspecified atom stereocenters. The van der Waals surface area contributed by atoms with Crippen molar-refractivity contribution in [1.29, 1.82) is 0 Å². The molecule has 20 heavy (non-hydrogen) atoms. The van der Waals surface area contributed by atoms with Gasteiger partial charge in [0.05, 0.1) is 5.69 Å². The standard InChI is InChI=1S/C15H11ClFNO2/c16-10-5-6-12(11(17)8-10)18-15(19)14-7-9-3-1-2-4-13(9)20-14/h1-6,8,14H,7H2,(H,18,19). The summed E-state index contributed by atoms with van der Waals surface area (Å²) in [6, 6.07) is 11.6. The third-order valence-electron chi connectivity index (χ3n) is 3.13. The fraction of sp³-hybridized carbons (Fsp3) is 0.133. The second-order valence-electron chi connectivity index (χ2n) is 4.53. The van der Waals surface area contributed by atoms with Gasteiger partial charge in [-0.05, 0) is 29.8 Å². The molecule has 0 saturated heterocycles. The number of hydrogen-bond donors (Lipinski definition) is 1. The largest absolute Gasteiger partial charge is 0.480 e. The summed E-state index contributed by atoms with van der Waals surface area (Å²) in [4.78, 5) is 12.1. The van der Waals surface area contributed by atoms with Crippen molar-refractivity contribution in [1.82, 2.24) is 0 Å². The highest BCUT2D eigenvalue weighted by atomic mass is 35.5. The van der Waals surface area contributed by atoms with Crippen LogP contribution in [0.15, 0.2) is 42.5 Å². The summed E-state index contributed by atoms with van der Waals surface area (Å²) in [7, 11) is 0. The molecule has 1 aliphatic rings. The smallest absolute Gasteiger partial charge is 0.265 e. The molecule has 102 valence electrons. The van der Waals surface area contributed by atoms with Crippen molar-refractivity contribution >= 4 is 23.2 Å². The Labute approximate surface area is 120 Å².